The van der Waals surface area contributed by atoms with E-state index in [1.54, 1.807) is 6.26 Å². The molecule has 0 aliphatic heterocycles. The Kier molecular flexibility index (Phi) is 7.95. The summed E-state index contributed by atoms with van der Waals surface area (Å²) in [5.74, 6) is -1.56. The number of nitriles is 3. The predicted octanol–water partition coefficient (Wildman–Crippen LogP) is 3.61. The highest BCUT2D eigenvalue weighted by atomic mass is 32.2. The van der Waals surface area contributed by atoms with Gasteiger partial charge in [0.25, 0.3) is 0 Å². The topological polar surface area (TPSA) is 97.7 Å². The fraction of sp³-hybridized carbons (Fsp3) is 0.529. The number of carbonyl (C=O) groups excluding carboxylic acids is 1. The molecule has 0 fully saturated rings. The first kappa shape index (κ1) is 18.8. The van der Waals surface area contributed by atoms with Crippen LogP contribution < -0.4 is 0 Å². The molecular formula is C17H19N3O2S. The number of hydrogen-bond acceptors (Lipinski definition) is 6. The lowest BCUT2D eigenvalue weighted by molar-refractivity contribution is -0.142. The molecule has 23 heavy (non-hydrogen) atoms. The Balaban J connectivity index is 3.58. The van der Waals surface area contributed by atoms with Gasteiger partial charge in [-0.3, -0.25) is 4.79 Å². The largest absolute Gasteiger partial charge is 0.468 e. The van der Waals surface area contributed by atoms with E-state index in [0.29, 0.717) is 23.3 Å². The zero-order valence-electron chi connectivity index (χ0n) is 13.4. The molecule has 0 bridgehead atoms. The van der Waals surface area contributed by atoms with Crippen molar-refractivity contribution in [3.05, 3.63) is 21.6 Å². The van der Waals surface area contributed by atoms with Crippen LogP contribution in [0.25, 0.3) is 0 Å². The Hall–Kier alpha value is -2.23. The number of thioether (sulfide) groups is 1. The first-order chi connectivity index (χ1) is 11.1. The smallest absolute Gasteiger partial charge is 0.327 e. The van der Waals surface area contributed by atoms with Crippen molar-refractivity contribution in [1.29, 1.82) is 15.8 Å². The fourth-order valence-corrected chi connectivity index (χ4v) is 3.53. The van der Waals surface area contributed by atoms with Crippen molar-refractivity contribution in [3.8, 4) is 18.2 Å². The van der Waals surface area contributed by atoms with Crippen LogP contribution in [0.5, 0.6) is 0 Å². The van der Waals surface area contributed by atoms with Crippen LogP contribution >= 0.6 is 11.8 Å². The molecule has 1 atom stereocenters. The Morgan fingerprint density at radius 3 is 2.22 bits per heavy atom. The summed E-state index contributed by atoms with van der Waals surface area (Å²) < 4.78 is 4.75. The van der Waals surface area contributed by atoms with Crippen molar-refractivity contribution in [2.45, 2.75) is 38.5 Å². The summed E-state index contributed by atoms with van der Waals surface area (Å²) >= 11 is 1.32. The fourth-order valence-electron chi connectivity index (χ4n) is 2.75. The average molecular weight is 329 g/mol. The molecule has 0 spiro atoms. The molecule has 1 rings (SSSR count). The summed E-state index contributed by atoms with van der Waals surface area (Å²) in [7, 11) is 1.26. The Bertz CT molecular complexity index is 628. The van der Waals surface area contributed by atoms with Gasteiger partial charge in [-0.05, 0) is 43.1 Å². The summed E-state index contributed by atoms with van der Waals surface area (Å²) in [5, 5.41) is 27.8. The number of allylic oxidation sites excluding steroid dienone is 2. The number of hydrogen-bond donors (Lipinski definition) is 0. The summed E-state index contributed by atoms with van der Waals surface area (Å²) in [5.41, 5.74) is 1.53. The maximum atomic E-state index is 12.0. The lowest BCUT2D eigenvalue weighted by atomic mass is 9.85. The number of carbonyl (C=O) groups is 1. The predicted molar refractivity (Wildman–Crippen MR) is 87.6 cm³/mol. The molecular weight excluding hydrogens is 310 g/mol. The lowest BCUT2D eigenvalue weighted by Gasteiger charge is -2.22. The second-order valence-corrected chi connectivity index (χ2v) is 5.95. The molecule has 120 valence electrons. The summed E-state index contributed by atoms with van der Waals surface area (Å²) in [6, 6.07) is 5.87. The Labute approximate surface area is 141 Å². The van der Waals surface area contributed by atoms with E-state index < -0.39 is 11.9 Å². The van der Waals surface area contributed by atoms with Gasteiger partial charge < -0.3 is 4.74 Å². The van der Waals surface area contributed by atoms with Gasteiger partial charge in [0.15, 0.2) is 5.92 Å². The molecule has 1 aliphatic carbocycles. The molecule has 0 aromatic rings. The maximum Gasteiger partial charge on any atom is 0.327 e. The third kappa shape index (κ3) is 4.62. The van der Waals surface area contributed by atoms with Gasteiger partial charge >= 0.3 is 5.97 Å². The van der Waals surface area contributed by atoms with Crippen LogP contribution in [0.4, 0.5) is 0 Å². The maximum absolute atomic E-state index is 12.0. The van der Waals surface area contributed by atoms with Crippen LogP contribution in [0.2, 0.25) is 0 Å². The lowest BCUT2D eigenvalue weighted by Crippen LogP contribution is -2.19. The van der Waals surface area contributed by atoms with Crippen molar-refractivity contribution >= 4 is 17.7 Å². The zero-order chi connectivity index (χ0) is 17.2. The van der Waals surface area contributed by atoms with Gasteiger partial charge in [-0.15, -0.1) is 11.8 Å². The second-order valence-electron chi connectivity index (χ2n) is 5.14. The van der Waals surface area contributed by atoms with Gasteiger partial charge in [-0.25, -0.2) is 0 Å². The molecule has 0 saturated carbocycles. The van der Waals surface area contributed by atoms with Gasteiger partial charge in [0.05, 0.1) is 13.2 Å². The summed E-state index contributed by atoms with van der Waals surface area (Å²) in [6.45, 7) is 0. The monoisotopic (exact) mass is 329 g/mol. The average Bonchev–Trinajstić information content (AvgIpc) is 2.55. The zero-order valence-corrected chi connectivity index (χ0v) is 14.2. The minimum Gasteiger partial charge on any atom is -0.468 e. The molecule has 0 radical (unpaired) electrons. The van der Waals surface area contributed by atoms with E-state index >= 15 is 0 Å². The van der Waals surface area contributed by atoms with Crippen LogP contribution in [-0.4, -0.2) is 19.3 Å². The first-order valence-corrected chi connectivity index (χ1v) is 8.65. The van der Waals surface area contributed by atoms with Gasteiger partial charge in [0.1, 0.15) is 17.7 Å². The van der Waals surface area contributed by atoms with E-state index in [1.165, 1.54) is 18.9 Å². The third-order valence-electron chi connectivity index (χ3n) is 3.85. The van der Waals surface area contributed by atoms with Crippen LogP contribution in [-0.2, 0) is 9.53 Å². The minimum atomic E-state index is -0.978. The summed E-state index contributed by atoms with van der Waals surface area (Å²) in [6.07, 6.45) is 6.95. The third-order valence-corrected chi connectivity index (χ3v) is 4.71. The van der Waals surface area contributed by atoms with E-state index in [2.05, 4.69) is 0 Å². The highest BCUT2D eigenvalue weighted by Crippen LogP contribution is 2.37. The van der Waals surface area contributed by atoms with E-state index in [1.807, 2.05) is 18.2 Å². The SMILES string of the molecule is COC(=O)C(C#N)/C1=C(\C(SC)=C(C#N)C#N)CCCCCC1. The van der Waals surface area contributed by atoms with Crippen molar-refractivity contribution in [3.63, 3.8) is 0 Å². The summed E-state index contributed by atoms with van der Waals surface area (Å²) in [4.78, 5) is 12.6. The van der Waals surface area contributed by atoms with Crippen LogP contribution in [0.15, 0.2) is 21.6 Å². The molecule has 0 amide bonds. The van der Waals surface area contributed by atoms with Crippen LogP contribution in [0.3, 0.4) is 0 Å². The quantitative estimate of drug-likeness (QED) is 0.577. The molecule has 5 nitrogen and oxygen atoms in total. The molecule has 1 aliphatic rings. The van der Waals surface area contributed by atoms with E-state index in [0.717, 1.165) is 31.3 Å². The minimum absolute atomic E-state index is 0.0344. The Morgan fingerprint density at radius 1 is 1.13 bits per heavy atom. The van der Waals surface area contributed by atoms with Crippen molar-refractivity contribution < 1.29 is 9.53 Å². The molecule has 0 N–H and O–H groups in total. The van der Waals surface area contributed by atoms with Gasteiger partial charge in [0.2, 0.25) is 0 Å². The van der Waals surface area contributed by atoms with Crippen molar-refractivity contribution in [1.82, 2.24) is 0 Å². The molecule has 0 heterocycles. The highest BCUT2D eigenvalue weighted by Gasteiger charge is 2.28. The number of esters is 1. The molecule has 0 aromatic heterocycles. The van der Waals surface area contributed by atoms with Crippen molar-refractivity contribution in [2.24, 2.45) is 5.92 Å². The number of nitrogens with zero attached hydrogens (tertiary/aromatic N) is 3. The van der Waals surface area contributed by atoms with Gasteiger partial charge in [-0.1, -0.05) is 12.8 Å². The normalized spacial score (nSPS) is 19.1. The van der Waals surface area contributed by atoms with Crippen LogP contribution in [0, 0.1) is 39.9 Å². The molecule has 6 heteroatoms. The number of ether oxygens (including phenoxy) is 1. The first-order valence-electron chi connectivity index (χ1n) is 7.42. The standard InChI is InChI=1S/C17H19N3O2S/c1-22-17(21)15(11-20)13-7-5-3-4-6-8-14(13)16(23-2)12(9-18)10-19/h15H,3-8H2,1-2H3/b14-13-. The highest BCUT2D eigenvalue weighted by molar-refractivity contribution is 8.02. The van der Waals surface area contributed by atoms with Crippen LogP contribution in [0.1, 0.15) is 38.5 Å². The molecule has 0 aromatic carbocycles. The second kappa shape index (κ2) is 9.72. The van der Waals surface area contributed by atoms with E-state index in [-0.39, 0.29) is 5.57 Å². The molecule has 1 unspecified atom stereocenters. The van der Waals surface area contributed by atoms with E-state index in [9.17, 15) is 20.6 Å². The van der Waals surface area contributed by atoms with Gasteiger partial charge in [0, 0.05) is 4.91 Å². The van der Waals surface area contributed by atoms with E-state index in [4.69, 9.17) is 4.74 Å². The number of methoxy groups -OCH3 is 1. The van der Waals surface area contributed by atoms with Crippen molar-refractivity contribution in [2.75, 3.05) is 13.4 Å². The van der Waals surface area contributed by atoms with Gasteiger partial charge in [-0.2, -0.15) is 15.8 Å². The Morgan fingerprint density at radius 2 is 1.74 bits per heavy atom. The molecule has 0 saturated heterocycles. The number of rotatable bonds is 4.